The van der Waals surface area contributed by atoms with Crippen LogP contribution in [0.4, 0.5) is 14.5 Å². The third-order valence-electron chi connectivity index (χ3n) is 4.00. The maximum atomic E-state index is 14.4. The molecule has 0 radical (unpaired) electrons. The molecule has 0 atom stereocenters. The lowest BCUT2D eigenvalue weighted by molar-refractivity contribution is -0.135. The summed E-state index contributed by atoms with van der Waals surface area (Å²) in [5, 5.41) is 18.4. The van der Waals surface area contributed by atoms with Crippen LogP contribution < -0.4 is 4.90 Å². The smallest absolute Gasteiger partial charge is 0.352 e. The van der Waals surface area contributed by atoms with E-state index in [9.17, 15) is 23.5 Å². The maximum Gasteiger partial charge on any atom is 0.352 e. The highest BCUT2D eigenvalue weighted by Crippen LogP contribution is 2.39. The Hall–Kier alpha value is -2.44. The molecule has 1 aromatic carbocycles. The summed E-state index contributed by atoms with van der Waals surface area (Å²) in [6, 6.07) is 1.19. The molecule has 0 aliphatic heterocycles. The fourth-order valence-electron chi connectivity index (χ4n) is 2.72. The number of rotatable bonds is 7. The highest BCUT2D eigenvalue weighted by atomic mass is 19.2. The van der Waals surface area contributed by atoms with E-state index in [1.54, 1.807) is 13.8 Å². The van der Waals surface area contributed by atoms with Crippen molar-refractivity contribution < 1.29 is 28.6 Å². The van der Waals surface area contributed by atoms with Gasteiger partial charge < -0.3 is 15.1 Å². The monoisotopic (exact) mass is 339 g/mol. The number of carboxylic acids is 2. The first-order chi connectivity index (χ1) is 11.3. The van der Waals surface area contributed by atoms with Gasteiger partial charge in [0.15, 0.2) is 11.6 Å². The van der Waals surface area contributed by atoms with Crippen LogP contribution in [0.2, 0.25) is 0 Å². The standard InChI is InChI=1S/C17H19F2NO4/c1-3-9-7-12(11(4-2)16(19)15(9)18)20(10-5-6-10)13(17(23)24)8-14(21)22/h7-8,10H,3-6H2,1-2H3,(H,21,22)(H,23,24)/b13-8-. The minimum absolute atomic E-state index is 0.0501. The fraction of sp³-hybridized carbons (Fsp3) is 0.412. The van der Waals surface area contributed by atoms with Gasteiger partial charge in [0.2, 0.25) is 0 Å². The second-order valence-electron chi connectivity index (χ2n) is 5.64. The van der Waals surface area contributed by atoms with Gasteiger partial charge in [-0.2, -0.15) is 0 Å². The fourth-order valence-corrected chi connectivity index (χ4v) is 2.72. The number of carbonyl (C=O) groups is 2. The molecule has 1 fully saturated rings. The van der Waals surface area contributed by atoms with Gasteiger partial charge in [-0.05, 0) is 37.3 Å². The zero-order chi connectivity index (χ0) is 18.0. The molecule has 0 amide bonds. The molecule has 7 heteroatoms. The summed E-state index contributed by atoms with van der Waals surface area (Å²) in [4.78, 5) is 23.9. The van der Waals surface area contributed by atoms with Crippen molar-refractivity contribution in [3.8, 4) is 0 Å². The van der Waals surface area contributed by atoms with Gasteiger partial charge in [0, 0.05) is 17.3 Å². The molecule has 0 saturated heterocycles. The zero-order valence-corrected chi connectivity index (χ0v) is 13.5. The molecule has 0 bridgehead atoms. The van der Waals surface area contributed by atoms with E-state index < -0.39 is 29.3 Å². The molecule has 130 valence electrons. The first-order valence-electron chi connectivity index (χ1n) is 7.78. The Morgan fingerprint density at radius 2 is 1.83 bits per heavy atom. The highest BCUT2D eigenvalue weighted by molar-refractivity contribution is 5.98. The summed E-state index contributed by atoms with van der Waals surface area (Å²) in [6.07, 6.45) is 2.31. The summed E-state index contributed by atoms with van der Waals surface area (Å²) >= 11 is 0. The van der Waals surface area contributed by atoms with Crippen LogP contribution in [0, 0.1) is 11.6 Å². The topological polar surface area (TPSA) is 77.8 Å². The molecule has 1 aromatic rings. The number of hydrogen-bond donors (Lipinski definition) is 2. The second kappa shape index (κ2) is 6.98. The van der Waals surface area contributed by atoms with E-state index in [0.717, 1.165) is 0 Å². The van der Waals surface area contributed by atoms with Crippen LogP contribution in [0.15, 0.2) is 17.8 Å². The third kappa shape index (κ3) is 3.39. The lowest BCUT2D eigenvalue weighted by Crippen LogP contribution is -2.31. The molecule has 1 aliphatic carbocycles. The Kier molecular flexibility index (Phi) is 5.21. The van der Waals surface area contributed by atoms with Crippen LogP contribution in [0.25, 0.3) is 0 Å². The molecule has 0 aromatic heterocycles. The van der Waals surface area contributed by atoms with Crippen molar-refractivity contribution in [3.05, 3.63) is 40.6 Å². The first kappa shape index (κ1) is 17.9. The summed E-state index contributed by atoms with van der Waals surface area (Å²) in [5.74, 6) is -4.77. The quantitative estimate of drug-likeness (QED) is 0.747. The van der Waals surface area contributed by atoms with E-state index in [0.29, 0.717) is 18.9 Å². The van der Waals surface area contributed by atoms with Gasteiger partial charge in [-0.15, -0.1) is 0 Å². The molecular weight excluding hydrogens is 320 g/mol. The van der Waals surface area contributed by atoms with E-state index in [2.05, 4.69) is 0 Å². The van der Waals surface area contributed by atoms with Gasteiger partial charge in [-0.1, -0.05) is 13.8 Å². The average Bonchev–Trinajstić information content (AvgIpc) is 3.34. The van der Waals surface area contributed by atoms with E-state index in [1.165, 1.54) is 11.0 Å². The van der Waals surface area contributed by atoms with Crippen LogP contribution >= 0.6 is 0 Å². The number of aryl methyl sites for hydroxylation is 1. The van der Waals surface area contributed by atoms with Gasteiger partial charge in [-0.3, -0.25) is 0 Å². The Balaban J connectivity index is 2.70. The van der Waals surface area contributed by atoms with Crippen LogP contribution in [0.1, 0.15) is 37.8 Å². The maximum absolute atomic E-state index is 14.4. The molecule has 0 unspecified atom stereocenters. The summed E-state index contributed by atoms with van der Waals surface area (Å²) in [7, 11) is 0. The van der Waals surface area contributed by atoms with E-state index >= 15 is 0 Å². The van der Waals surface area contributed by atoms with Gasteiger partial charge in [0.1, 0.15) is 5.70 Å². The molecule has 1 aliphatic rings. The number of benzene rings is 1. The van der Waals surface area contributed by atoms with Gasteiger partial charge in [0.25, 0.3) is 0 Å². The Bertz CT molecular complexity index is 711. The number of nitrogens with zero attached hydrogens (tertiary/aromatic N) is 1. The Morgan fingerprint density at radius 3 is 2.25 bits per heavy atom. The van der Waals surface area contributed by atoms with Crippen molar-refractivity contribution in [2.45, 2.75) is 45.6 Å². The van der Waals surface area contributed by atoms with Crippen molar-refractivity contribution in [2.75, 3.05) is 4.90 Å². The first-order valence-corrected chi connectivity index (χ1v) is 7.78. The van der Waals surface area contributed by atoms with Gasteiger partial charge >= 0.3 is 11.9 Å². The molecule has 0 spiro atoms. The molecular formula is C17H19F2NO4. The molecule has 1 saturated carbocycles. The highest BCUT2D eigenvalue weighted by Gasteiger charge is 2.36. The second-order valence-corrected chi connectivity index (χ2v) is 5.64. The normalized spacial score (nSPS) is 14.6. The third-order valence-corrected chi connectivity index (χ3v) is 4.00. The Labute approximate surface area is 138 Å². The zero-order valence-electron chi connectivity index (χ0n) is 13.5. The molecule has 2 rings (SSSR count). The largest absolute Gasteiger partial charge is 0.478 e. The van der Waals surface area contributed by atoms with Crippen molar-refractivity contribution in [3.63, 3.8) is 0 Å². The van der Waals surface area contributed by atoms with Crippen molar-refractivity contribution in [2.24, 2.45) is 0 Å². The van der Waals surface area contributed by atoms with Gasteiger partial charge in [0.05, 0.1) is 6.08 Å². The van der Waals surface area contributed by atoms with E-state index in [4.69, 9.17) is 5.11 Å². The summed E-state index contributed by atoms with van der Waals surface area (Å²) < 4.78 is 28.5. The molecule has 5 nitrogen and oxygen atoms in total. The Morgan fingerprint density at radius 1 is 1.21 bits per heavy atom. The lowest BCUT2D eigenvalue weighted by atomic mass is 10.0. The predicted octanol–water partition coefficient (Wildman–Crippen LogP) is 3.11. The molecule has 0 heterocycles. The number of hydrogen-bond acceptors (Lipinski definition) is 3. The van der Waals surface area contributed by atoms with E-state index in [1.807, 2.05) is 0 Å². The predicted molar refractivity (Wildman–Crippen MR) is 84.0 cm³/mol. The minimum atomic E-state index is -1.42. The van der Waals surface area contributed by atoms with Crippen molar-refractivity contribution in [1.82, 2.24) is 0 Å². The number of halogens is 2. The summed E-state index contributed by atoms with van der Waals surface area (Å²) in [6.45, 7) is 3.30. The summed E-state index contributed by atoms with van der Waals surface area (Å²) in [5.41, 5.74) is -0.0436. The van der Waals surface area contributed by atoms with Gasteiger partial charge in [-0.25, -0.2) is 18.4 Å². The molecule has 24 heavy (non-hydrogen) atoms. The van der Waals surface area contributed by atoms with Crippen LogP contribution in [0.5, 0.6) is 0 Å². The number of carboxylic acid groups (broad SMARTS) is 2. The van der Waals surface area contributed by atoms with Crippen molar-refractivity contribution in [1.29, 1.82) is 0 Å². The van der Waals surface area contributed by atoms with Crippen LogP contribution in [-0.4, -0.2) is 28.2 Å². The SMILES string of the molecule is CCc1cc(N(/C(=C\C(=O)O)C(=O)O)C2CC2)c(CC)c(F)c1F. The number of anilines is 1. The average molecular weight is 339 g/mol. The van der Waals surface area contributed by atoms with Crippen molar-refractivity contribution >= 4 is 17.6 Å². The molecule has 2 N–H and O–H groups in total. The van der Waals surface area contributed by atoms with Crippen LogP contribution in [0.3, 0.4) is 0 Å². The number of aliphatic carboxylic acids is 2. The minimum Gasteiger partial charge on any atom is -0.478 e. The lowest BCUT2D eigenvalue weighted by Gasteiger charge is -2.28. The van der Waals surface area contributed by atoms with E-state index in [-0.39, 0.29) is 35.7 Å². The van der Waals surface area contributed by atoms with Crippen LogP contribution in [-0.2, 0) is 22.4 Å².